The van der Waals surface area contributed by atoms with Gasteiger partial charge in [-0.05, 0) is 67.7 Å². The highest BCUT2D eigenvalue weighted by molar-refractivity contribution is 5.89. The number of piperidine rings is 1. The topological polar surface area (TPSA) is 63.6 Å². The number of benzene rings is 2. The predicted molar refractivity (Wildman–Crippen MR) is 160 cm³/mol. The zero-order chi connectivity index (χ0) is 28.1. The largest absolute Gasteiger partial charge is 0.491 e. The monoisotopic (exact) mass is 543 g/mol. The van der Waals surface area contributed by atoms with E-state index < -0.39 is 5.41 Å². The molecule has 2 aliphatic heterocycles. The molecule has 6 heteroatoms. The van der Waals surface area contributed by atoms with Crippen LogP contribution < -0.4 is 10.1 Å². The lowest BCUT2D eigenvalue weighted by Crippen LogP contribution is -2.53. The van der Waals surface area contributed by atoms with Crippen LogP contribution in [0, 0.1) is 11.3 Å². The lowest BCUT2D eigenvalue weighted by Gasteiger charge is -2.41. The van der Waals surface area contributed by atoms with Gasteiger partial charge in [0.15, 0.2) is 0 Å². The van der Waals surface area contributed by atoms with Crippen LogP contribution in [0.4, 0.5) is 0 Å². The smallest absolute Gasteiger partial charge is 0.227 e. The number of nitrogens with zero attached hydrogens (tertiary/aromatic N) is 2. The summed E-state index contributed by atoms with van der Waals surface area (Å²) in [4.78, 5) is 29.4. The van der Waals surface area contributed by atoms with Gasteiger partial charge in [0.25, 0.3) is 0 Å². The van der Waals surface area contributed by atoms with Crippen LogP contribution >= 0.6 is 0 Å². The summed E-state index contributed by atoms with van der Waals surface area (Å²) in [5.41, 5.74) is 3.04. The number of nitrogens with one attached hydrogen (secondary N) is 1. The zero-order valence-corrected chi connectivity index (χ0v) is 24.5. The second-order valence-electron chi connectivity index (χ2n) is 12.4. The van der Waals surface area contributed by atoms with Crippen molar-refractivity contribution in [1.82, 2.24) is 14.8 Å². The first kappa shape index (κ1) is 28.3. The molecule has 1 fully saturated rings. The molecule has 1 atom stereocenters. The van der Waals surface area contributed by atoms with Crippen molar-refractivity contribution in [1.29, 1.82) is 0 Å². The third-order valence-electron chi connectivity index (χ3n) is 8.98. The summed E-state index contributed by atoms with van der Waals surface area (Å²) < 4.78 is 8.40. The number of aromatic nitrogens is 1. The molecule has 0 unspecified atom stereocenters. The molecule has 5 rings (SSSR count). The van der Waals surface area contributed by atoms with Gasteiger partial charge in [-0.1, -0.05) is 63.1 Å². The molecule has 3 heterocycles. The molecule has 0 aliphatic carbocycles. The third-order valence-corrected chi connectivity index (χ3v) is 8.98. The molecule has 0 saturated carbocycles. The number of hydrogen-bond donors (Lipinski definition) is 1. The molecule has 3 aromatic rings. The third kappa shape index (κ3) is 6.37. The van der Waals surface area contributed by atoms with Crippen molar-refractivity contribution in [2.24, 2.45) is 18.4 Å². The highest BCUT2D eigenvalue weighted by Gasteiger charge is 2.42. The Kier molecular flexibility index (Phi) is 8.82. The number of carbonyl (C=O) groups excluding carboxylic acids is 2. The summed E-state index contributed by atoms with van der Waals surface area (Å²) in [5, 5.41) is 4.56. The molecule has 214 valence electrons. The second kappa shape index (κ2) is 12.5. The maximum atomic E-state index is 14.0. The van der Waals surface area contributed by atoms with Gasteiger partial charge in [0, 0.05) is 37.2 Å². The van der Waals surface area contributed by atoms with E-state index in [1.165, 1.54) is 5.56 Å². The SMILES string of the molecule is CC(C)C[C@H]1COc2ccccc2CCCCCC2(CCN(C(=O)Cc3cn(C)c4ccccc34)CC2)C(=O)N1. The summed E-state index contributed by atoms with van der Waals surface area (Å²) in [7, 11) is 2.03. The van der Waals surface area contributed by atoms with Crippen LogP contribution in [0.2, 0.25) is 0 Å². The van der Waals surface area contributed by atoms with Gasteiger partial charge in [-0.3, -0.25) is 9.59 Å². The van der Waals surface area contributed by atoms with Crippen molar-refractivity contribution in [2.45, 2.75) is 77.7 Å². The van der Waals surface area contributed by atoms with Gasteiger partial charge in [0.1, 0.15) is 12.4 Å². The average Bonchev–Trinajstić information content (AvgIpc) is 3.26. The van der Waals surface area contributed by atoms with Crippen LogP contribution in [-0.4, -0.2) is 47.0 Å². The molecular formula is C34H45N3O3. The number of para-hydroxylation sites is 2. The van der Waals surface area contributed by atoms with Gasteiger partial charge in [0.2, 0.25) is 11.8 Å². The molecular weight excluding hydrogens is 498 g/mol. The Hall–Kier alpha value is -3.28. The van der Waals surface area contributed by atoms with Crippen LogP contribution in [0.3, 0.4) is 0 Å². The average molecular weight is 544 g/mol. The van der Waals surface area contributed by atoms with E-state index in [-0.39, 0.29) is 17.9 Å². The summed E-state index contributed by atoms with van der Waals surface area (Å²) in [5.74, 6) is 1.69. The van der Waals surface area contributed by atoms with Gasteiger partial charge in [-0.25, -0.2) is 0 Å². The molecule has 1 aromatic heterocycles. The fraction of sp³-hybridized carbons (Fsp3) is 0.529. The van der Waals surface area contributed by atoms with Crippen molar-refractivity contribution < 1.29 is 14.3 Å². The standard InChI is InChI=1S/C34H45N3O3/c1-25(2)21-28-24-40-31-15-9-6-12-26(31)11-5-4-10-16-34(33(39)35-28)17-19-37(20-18-34)32(38)22-27-23-36(3)30-14-8-7-13-29(27)30/h6-9,12-15,23,25,28H,4-5,10-11,16-22,24H2,1-3H3,(H,35,39)/t28-/m0/s1. The maximum absolute atomic E-state index is 14.0. The number of fused-ring (bicyclic) bond motifs is 2. The van der Waals surface area contributed by atoms with E-state index in [9.17, 15) is 9.59 Å². The predicted octanol–water partition coefficient (Wildman–Crippen LogP) is 6.06. The summed E-state index contributed by atoms with van der Waals surface area (Å²) >= 11 is 0. The van der Waals surface area contributed by atoms with Crippen molar-refractivity contribution in [3.8, 4) is 5.75 Å². The van der Waals surface area contributed by atoms with E-state index in [4.69, 9.17) is 4.74 Å². The van der Waals surface area contributed by atoms with E-state index >= 15 is 0 Å². The molecule has 40 heavy (non-hydrogen) atoms. The van der Waals surface area contributed by atoms with E-state index in [0.29, 0.717) is 32.0 Å². The number of carbonyl (C=O) groups is 2. The number of rotatable bonds is 4. The van der Waals surface area contributed by atoms with Crippen molar-refractivity contribution in [3.63, 3.8) is 0 Å². The number of likely N-dealkylation sites (tertiary alicyclic amines) is 1. The van der Waals surface area contributed by atoms with E-state index in [2.05, 4.69) is 60.3 Å². The van der Waals surface area contributed by atoms with Crippen molar-refractivity contribution in [2.75, 3.05) is 19.7 Å². The molecule has 1 saturated heterocycles. The maximum Gasteiger partial charge on any atom is 0.227 e. The zero-order valence-electron chi connectivity index (χ0n) is 24.5. The van der Waals surface area contributed by atoms with Crippen molar-refractivity contribution >= 4 is 22.7 Å². The lowest BCUT2D eigenvalue weighted by atomic mass is 9.73. The molecule has 2 aromatic carbocycles. The Balaban J connectivity index is 1.28. The summed E-state index contributed by atoms with van der Waals surface area (Å²) in [6.07, 6.45) is 9.85. The molecule has 6 nitrogen and oxygen atoms in total. The Morgan fingerprint density at radius 2 is 1.77 bits per heavy atom. The Morgan fingerprint density at radius 3 is 2.58 bits per heavy atom. The quantitative estimate of drug-likeness (QED) is 0.435. The lowest BCUT2D eigenvalue weighted by molar-refractivity contribution is -0.141. The van der Waals surface area contributed by atoms with Crippen LogP contribution in [0.25, 0.3) is 10.9 Å². The minimum atomic E-state index is -0.424. The number of aryl methyl sites for hydroxylation is 2. The number of hydrogen-bond acceptors (Lipinski definition) is 3. The minimum Gasteiger partial charge on any atom is -0.491 e. The highest BCUT2D eigenvalue weighted by Crippen LogP contribution is 2.38. The fourth-order valence-corrected chi connectivity index (χ4v) is 6.69. The second-order valence-corrected chi connectivity index (χ2v) is 12.4. The van der Waals surface area contributed by atoms with Crippen LogP contribution in [-0.2, 0) is 29.5 Å². The highest BCUT2D eigenvalue weighted by atomic mass is 16.5. The van der Waals surface area contributed by atoms with Gasteiger partial charge < -0.3 is 19.5 Å². The summed E-state index contributed by atoms with van der Waals surface area (Å²) in [6, 6.07) is 16.5. The molecule has 1 spiro atoms. The Bertz CT molecular complexity index is 1320. The summed E-state index contributed by atoms with van der Waals surface area (Å²) in [6.45, 7) is 6.13. The van der Waals surface area contributed by atoms with Crippen LogP contribution in [0.15, 0.2) is 54.7 Å². The minimum absolute atomic E-state index is 0.0378. The van der Waals surface area contributed by atoms with E-state index in [1.54, 1.807) is 0 Å². The first-order chi connectivity index (χ1) is 19.3. The molecule has 2 amide bonds. The first-order valence-corrected chi connectivity index (χ1v) is 15.2. The molecule has 0 radical (unpaired) electrons. The van der Waals surface area contributed by atoms with E-state index in [1.807, 2.05) is 30.1 Å². The van der Waals surface area contributed by atoms with Gasteiger partial charge in [-0.2, -0.15) is 0 Å². The Morgan fingerprint density at radius 1 is 1.02 bits per heavy atom. The van der Waals surface area contributed by atoms with E-state index in [0.717, 1.165) is 73.6 Å². The van der Waals surface area contributed by atoms with Gasteiger partial charge >= 0.3 is 0 Å². The molecule has 1 N–H and O–H groups in total. The first-order valence-electron chi connectivity index (χ1n) is 15.2. The molecule has 0 bridgehead atoms. The van der Waals surface area contributed by atoms with Crippen LogP contribution in [0.5, 0.6) is 5.75 Å². The van der Waals surface area contributed by atoms with Gasteiger partial charge in [-0.15, -0.1) is 0 Å². The Labute approximate surface area is 239 Å². The van der Waals surface area contributed by atoms with Gasteiger partial charge in [0.05, 0.1) is 17.9 Å². The molecule has 2 aliphatic rings. The van der Waals surface area contributed by atoms with Crippen molar-refractivity contribution in [3.05, 3.63) is 65.9 Å². The normalized spacial score (nSPS) is 20.2. The number of ether oxygens (including phenoxy) is 1. The number of amides is 2. The van der Waals surface area contributed by atoms with Crippen LogP contribution in [0.1, 0.15) is 69.9 Å². The fourth-order valence-electron chi connectivity index (χ4n) is 6.69.